The van der Waals surface area contributed by atoms with Crippen LogP contribution in [0.4, 0.5) is 14.9 Å². The first-order chi connectivity index (χ1) is 7.51. The summed E-state index contributed by atoms with van der Waals surface area (Å²) in [6.07, 6.45) is 0. The molecule has 0 aliphatic heterocycles. The summed E-state index contributed by atoms with van der Waals surface area (Å²) in [5, 5.41) is 13.8. The number of benzene rings is 1. The fourth-order valence-electron chi connectivity index (χ4n) is 1.06. The van der Waals surface area contributed by atoms with E-state index in [1.54, 1.807) is 6.92 Å². The van der Waals surface area contributed by atoms with Gasteiger partial charge in [0.05, 0.1) is 12.6 Å². The zero-order valence-electron chi connectivity index (χ0n) is 8.63. The molecule has 0 heterocycles. The van der Waals surface area contributed by atoms with Crippen molar-refractivity contribution in [3.05, 3.63) is 29.0 Å². The summed E-state index contributed by atoms with van der Waals surface area (Å²) in [6.45, 7) is 1.47. The van der Waals surface area contributed by atoms with Gasteiger partial charge in [-0.3, -0.25) is 0 Å². The van der Waals surface area contributed by atoms with Crippen molar-refractivity contribution in [1.82, 2.24) is 5.32 Å². The number of carbonyl (C=O) groups is 1. The molecule has 0 spiro atoms. The van der Waals surface area contributed by atoms with Gasteiger partial charge in [0.2, 0.25) is 0 Å². The molecule has 0 saturated carbocycles. The molecule has 4 nitrogen and oxygen atoms in total. The number of nitrogens with one attached hydrogen (secondary N) is 2. The normalized spacial score (nSPS) is 12.0. The second-order valence-corrected chi connectivity index (χ2v) is 3.78. The molecular weight excluding hydrogens is 235 g/mol. The second kappa shape index (κ2) is 5.67. The van der Waals surface area contributed by atoms with Gasteiger partial charge in [0.1, 0.15) is 5.82 Å². The maximum atomic E-state index is 12.9. The predicted octanol–water partition coefficient (Wildman–Crippen LogP) is 1.98. The predicted molar refractivity (Wildman–Crippen MR) is 60.1 cm³/mol. The van der Waals surface area contributed by atoms with Crippen LogP contribution in [0.15, 0.2) is 18.2 Å². The Labute approximate surface area is 97.4 Å². The van der Waals surface area contributed by atoms with Crippen molar-refractivity contribution < 1.29 is 14.3 Å². The number of hydrogen-bond donors (Lipinski definition) is 3. The molecule has 6 heteroatoms. The van der Waals surface area contributed by atoms with E-state index in [4.69, 9.17) is 16.7 Å². The Kier molecular flexibility index (Phi) is 4.52. The zero-order chi connectivity index (χ0) is 12.1. The monoisotopic (exact) mass is 246 g/mol. The lowest BCUT2D eigenvalue weighted by atomic mass is 10.3. The summed E-state index contributed by atoms with van der Waals surface area (Å²) in [4.78, 5) is 11.3. The van der Waals surface area contributed by atoms with E-state index >= 15 is 0 Å². The minimum atomic E-state index is -0.530. The highest BCUT2D eigenvalue weighted by molar-refractivity contribution is 6.30. The molecule has 0 fully saturated rings. The molecule has 1 rings (SSSR count). The van der Waals surface area contributed by atoms with E-state index in [1.807, 2.05) is 0 Å². The van der Waals surface area contributed by atoms with E-state index < -0.39 is 11.8 Å². The maximum absolute atomic E-state index is 12.9. The van der Waals surface area contributed by atoms with Crippen molar-refractivity contribution in [2.75, 3.05) is 11.9 Å². The Hall–Kier alpha value is -1.33. The first-order valence-electron chi connectivity index (χ1n) is 4.65. The molecule has 16 heavy (non-hydrogen) atoms. The number of amides is 2. The van der Waals surface area contributed by atoms with Crippen LogP contribution < -0.4 is 10.6 Å². The van der Waals surface area contributed by atoms with Gasteiger partial charge in [-0.15, -0.1) is 0 Å². The van der Waals surface area contributed by atoms with Crippen molar-refractivity contribution in [2.45, 2.75) is 13.0 Å². The smallest absolute Gasteiger partial charge is 0.319 e. The summed E-state index contributed by atoms with van der Waals surface area (Å²) >= 11 is 5.61. The van der Waals surface area contributed by atoms with Gasteiger partial charge in [0.25, 0.3) is 0 Å². The van der Waals surface area contributed by atoms with E-state index in [0.717, 1.165) is 12.1 Å². The lowest BCUT2D eigenvalue weighted by molar-refractivity contribution is 0.229. The van der Waals surface area contributed by atoms with Crippen molar-refractivity contribution in [3.63, 3.8) is 0 Å². The molecule has 1 aromatic carbocycles. The van der Waals surface area contributed by atoms with E-state index in [-0.39, 0.29) is 23.4 Å². The van der Waals surface area contributed by atoms with Gasteiger partial charge in [-0.2, -0.15) is 0 Å². The lowest BCUT2D eigenvalue weighted by Gasteiger charge is -2.12. The third-order valence-corrected chi connectivity index (χ3v) is 1.99. The van der Waals surface area contributed by atoms with Crippen LogP contribution in [0.2, 0.25) is 5.02 Å². The Morgan fingerprint density at radius 3 is 2.81 bits per heavy atom. The largest absolute Gasteiger partial charge is 0.394 e. The van der Waals surface area contributed by atoms with E-state index in [1.165, 1.54) is 6.07 Å². The highest BCUT2D eigenvalue weighted by atomic mass is 35.5. The molecule has 88 valence electrons. The van der Waals surface area contributed by atoms with Gasteiger partial charge >= 0.3 is 6.03 Å². The van der Waals surface area contributed by atoms with Crippen LogP contribution >= 0.6 is 11.6 Å². The van der Waals surface area contributed by atoms with Crippen molar-refractivity contribution in [2.24, 2.45) is 0 Å². The Morgan fingerprint density at radius 1 is 1.56 bits per heavy atom. The average molecular weight is 247 g/mol. The summed E-state index contributed by atoms with van der Waals surface area (Å²) in [7, 11) is 0. The minimum Gasteiger partial charge on any atom is -0.394 e. The molecule has 0 radical (unpaired) electrons. The summed E-state index contributed by atoms with van der Waals surface area (Å²) < 4.78 is 12.9. The fourth-order valence-corrected chi connectivity index (χ4v) is 1.28. The molecule has 2 amide bonds. The number of anilines is 1. The zero-order valence-corrected chi connectivity index (χ0v) is 9.38. The molecule has 0 aliphatic rings. The van der Waals surface area contributed by atoms with Crippen LogP contribution in [-0.4, -0.2) is 23.8 Å². The summed E-state index contributed by atoms with van der Waals surface area (Å²) in [5.41, 5.74) is 0.257. The van der Waals surface area contributed by atoms with Crippen molar-refractivity contribution in [1.29, 1.82) is 0 Å². The molecule has 0 aliphatic carbocycles. The average Bonchev–Trinajstić information content (AvgIpc) is 2.15. The third-order valence-electron chi connectivity index (χ3n) is 1.77. The molecule has 1 atom stereocenters. The highest BCUT2D eigenvalue weighted by Crippen LogP contribution is 2.17. The van der Waals surface area contributed by atoms with Crippen LogP contribution in [0.5, 0.6) is 0 Å². The van der Waals surface area contributed by atoms with Gasteiger partial charge in [0.15, 0.2) is 0 Å². The summed E-state index contributed by atoms with van der Waals surface area (Å²) in [6, 6.07) is 2.82. The number of urea groups is 1. The quantitative estimate of drug-likeness (QED) is 0.764. The topological polar surface area (TPSA) is 61.4 Å². The molecule has 3 N–H and O–H groups in total. The van der Waals surface area contributed by atoms with Gasteiger partial charge in [0, 0.05) is 10.7 Å². The molecule has 0 bridgehead atoms. The van der Waals surface area contributed by atoms with Gasteiger partial charge in [-0.1, -0.05) is 11.6 Å². The van der Waals surface area contributed by atoms with Crippen LogP contribution in [0.1, 0.15) is 6.92 Å². The Bertz CT molecular complexity index is 367. The number of halogens is 2. The standard InChI is InChI=1S/C10H12ClFN2O2/c1-6(5-15)13-10(16)14-9-3-7(11)2-8(12)4-9/h2-4,6,15H,5H2,1H3,(H2,13,14,16)/t6-/m0/s1. The SMILES string of the molecule is C[C@@H](CO)NC(=O)Nc1cc(F)cc(Cl)c1. The Balaban J connectivity index is 2.62. The minimum absolute atomic E-state index is 0.169. The van der Waals surface area contributed by atoms with Gasteiger partial charge in [-0.05, 0) is 25.1 Å². The first-order valence-corrected chi connectivity index (χ1v) is 5.03. The highest BCUT2D eigenvalue weighted by Gasteiger charge is 2.07. The first kappa shape index (κ1) is 12.7. The maximum Gasteiger partial charge on any atom is 0.319 e. The van der Waals surface area contributed by atoms with Crippen molar-refractivity contribution in [3.8, 4) is 0 Å². The molecule has 0 aromatic heterocycles. The molecular formula is C10H12ClFN2O2. The molecule has 0 saturated heterocycles. The van der Waals surface area contributed by atoms with Gasteiger partial charge in [-0.25, -0.2) is 9.18 Å². The summed E-state index contributed by atoms with van der Waals surface area (Å²) in [5.74, 6) is -0.530. The second-order valence-electron chi connectivity index (χ2n) is 3.34. The number of aliphatic hydroxyl groups is 1. The van der Waals surface area contributed by atoms with Crippen LogP contribution in [-0.2, 0) is 0 Å². The number of carbonyl (C=O) groups excluding carboxylic acids is 1. The van der Waals surface area contributed by atoms with Crippen molar-refractivity contribution >= 4 is 23.3 Å². The van der Waals surface area contributed by atoms with Gasteiger partial charge < -0.3 is 15.7 Å². The number of rotatable bonds is 3. The number of hydrogen-bond acceptors (Lipinski definition) is 2. The molecule has 0 unspecified atom stereocenters. The van der Waals surface area contributed by atoms with E-state index in [2.05, 4.69) is 10.6 Å². The lowest BCUT2D eigenvalue weighted by Crippen LogP contribution is -2.38. The number of aliphatic hydroxyl groups excluding tert-OH is 1. The van der Waals surface area contributed by atoms with Crippen LogP contribution in [0, 0.1) is 5.82 Å². The van der Waals surface area contributed by atoms with E-state index in [0.29, 0.717) is 0 Å². The van der Waals surface area contributed by atoms with Crippen LogP contribution in [0.3, 0.4) is 0 Å². The third kappa shape index (κ3) is 4.04. The van der Waals surface area contributed by atoms with Crippen LogP contribution in [0.25, 0.3) is 0 Å². The fraction of sp³-hybridized carbons (Fsp3) is 0.300. The molecule has 1 aromatic rings. The van der Waals surface area contributed by atoms with E-state index in [9.17, 15) is 9.18 Å². The Morgan fingerprint density at radius 2 is 2.25 bits per heavy atom.